The van der Waals surface area contributed by atoms with Crippen LogP contribution in [0.25, 0.3) is 0 Å². The largest absolute Gasteiger partial charge is 0.380 e. The van der Waals surface area contributed by atoms with E-state index in [1.807, 2.05) is 6.20 Å². The smallest absolute Gasteiger partial charge is 0.109 e. The highest BCUT2D eigenvalue weighted by atomic mass is 32.1. The average Bonchev–Trinajstić information content (AvgIpc) is 2.58. The second-order valence-corrected chi connectivity index (χ2v) is 5.98. The molecule has 0 saturated carbocycles. The molecule has 1 fully saturated rings. The van der Waals surface area contributed by atoms with Gasteiger partial charge in [-0.15, -0.1) is 11.3 Å². The summed E-state index contributed by atoms with van der Waals surface area (Å²) >= 11 is 1.77. The summed E-state index contributed by atoms with van der Waals surface area (Å²) in [5.41, 5.74) is 0.334. The number of thiazole rings is 1. The minimum atomic E-state index is 0.334. The molecular formula is C11H18N2OS. The molecule has 1 aromatic rings. The van der Waals surface area contributed by atoms with Crippen LogP contribution in [0.1, 0.15) is 29.8 Å². The Kier molecular flexibility index (Phi) is 3.09. The molecule has 1 aliphatic rings. The Morgan fingerprint density at radius 2 is 2.40 bits per heavy atom. The van der Waals surface area contributed by atoms with Crippen LogP contribution in [-0.2, 0) is 4.74 Å². The number of hydrogen-bond donors (Lipinski definition) is 1. The summed E-state index contributed by atoms with van der Waals surface area (Å²) in [6.07, 6.45) is 1.94. The van der Waals surface area contributed by atoms with E-state index in [-0.39, 0.29) is 0 Å². The van der Waals surface area contributed by atoms with Crippen molar-refractivity contribution in [2.75, 3.05) is 19.8 Å². The van der Waals surface area contributed by atoms with Gasteiger partial charge in [-0.3, -0.25) is 0 Å². The van der Waals surface area contributed by atoms with Gasteiger partial charge >= 0.3 is 0 Å². The first-order chi connectivity index (χ1) is 7.09. The molecule has 1 N–H and O–H groups in total. The maximum atomic E-state index is 5.23. The third kappa shape index (κ3) is 2.56. The summed E-state index contributed by atoms with van der Waals surface area (Å²) in [5, 5.41) is 4.70. The average molecular weight is 226 g/mol. The highest BCUT2D eigenvalue weighted by molar-refractivity contribution is 7.11. The van der Waals surface area contributed by atoms with Gasteiger partial charge in [-0.2, -0.15) is 0 Å². The van der Waals surface area contributed by atoms with Crippen molar-refractivity contribution >= 4 is 11.3 Å². The zero-order chi connectivity index (χ0) is 10.9. The molecule has 0 radical (unpaired) electrons. The minimum Gasteiger partial charge on any atom is -0.380 e. The van der Waals surface area contributed by atoms with Crippen LogP contribution in [0.15, 0.2) is 6.20 Å². The Morgan fingerprint density at radius 1 is 1.67 bits per heavy atom. The quantitative estimate of drug-likeness (QED) is 0.854. The fourth-order valence-electron chi connectivity index (χ4n) is 1.61. The molecule has 0 aliphatic carbocycles. The molecule has 84 valence electrons. The lowest BCUT2D eigenvalue weighted by atomic mass is 9.88. The first-order valence-electron chi connectivity index (χ1n) is 5.32. The second-order valence-electron chi connectivity index (χ2n) is 4.72. The summed E-state index contributed by atoms with van der Waals surface area (Å²) < 4.78 is 5.23. The van der Waals surface area contributed by atoms with Crippen LogP contribution in [0.3, 0.4) is 0 Å². The van der Waals surface area contributed by atoms with E-state index in [9.17, 15) is 0 Å². The Labute approximate surface area is 94.9 Å². The fourth-order valence-corrected chi connectivity index (χ4v) is 2.41. The number of aryl methyl sites for hydroxylation is 1. The third-order valence-electron chi connectivity index (χ3n) is 2.75. The molecule has 1 aliphatic heterocycles. The molecule has 2 rings (SSSR count). The molecule has 1 aromatic heterocycles. The summed E-state index contributed by atoms with van der Waals surface area (Å²) in [5.74, 6) is 0. The van der Waals surface area contributed by atoms with E-state index in [1.165, 1.54) is 9.88 Å². The Morgan fingerprint density at radius 3 is 2.87 bits per heavy atom. The Hall–Kier alpha value is -0.450. The lowest BCUT2D eigenvalue weighted by molar-refractivity contribution is -0.0999. The molecule has 0 aromatic carbocycles. The van der Waals surface area contributed by atoms with E-state index >= 15 is 0 Å². The zero-order valence-electron chi connectivity index (χ0n) is 9.54. The van der Waals surface area contributed by atoms with Gasteiger partial charge in [0.1, 0.15) is 5.01 Å². The predicted octanol–water partition coefficient (Wildman–Crippen LogP) is 2.14. The lowest BCUT2D eigenvalue weighted by Crippen LogP contribution is -2.47. The molecule has 1 atom stereocenters. The third-order valence-corrected chi connectivity index (χ3v) is 3.84. The molecule has 0 amide bonds. The van der Waals surface area contributed by atoms with Gasteiger partial charge in [0.2, 0.25) is 0 Å². The molecule has 1 unspecified atom stereocenters. The van der Waals surface area contributed by atoms with Gasteiger partial charge in [0.25, 0.3) is 0 Å². The van der Waals surface area contributed by atoms with Crippen molar-refractivity contribution in [2.45, 2.75) is 26.8 Å². The zero-order valence-corrected chi connectivity index (χ0v) is 10.4. The van der Waals surface area contributed by atoms with E-state index in [2.05, 4.69) is 31.1 Å². The van der Waals surface area contributed by atoms with E-state index in [0.29, 0.717) is 11.5 Å². The van der Waals surface area contributed by atoms with Gasteiger partial charge in [0.05, 0.1) is 19.3 Å². The maximum Gasteiger partial charge on any atom is 0.109 e. The van der Waals surface area contributed by atoms with E-state index in [4.69, 9.17) is 4.74 Å². The Balaban J connectivity index is 1.84. The molecule has 4 heteroatoms. The van der Waals surface area contributed by atoms with Crippen LogP contribution in [0.2, 0.25) is 0 Å². The van der Waals surface area contributed by atoms with Gasteiger partial charge in [-0.25, -0.2) is 4.98 Å². The van der Waals surface area contributed by atoms with Crippen molar-refractivity contribution in [3.8, 4) is 0 Å². The number of hydrogen-bond acceptors (Lipinski definition) is 4. The van der Waals surface area contributed by atoms with Crippen molar-refractivity contribution in [1.29, 1.82) is 0 Å². The van der Waals surface area contributed by atoms with Crippen molar-refractivity contribution in [3.05, 3.63) is 16.1 Å². The number of rotatable bonds is 4. The van der Waals surface area contributed by atoms with Gasteiger partial charge in [-0.1, -0.05) is 6.92 Å². The van der Waals surface area contributed by atoms with Crippen molar-refractivity contribution < 1.29 is 4.74 Å². The highest BCUT2D eigenvalue weighted by Gasteiger charge is 2.33. The first-order valence-corrected chi connectivity index (χ1v) is 6.14. The summed E-state index contributed by atoms with van der Waals surface area (Å²) in [6.45, 7) is 9.28. The van der Waals surface area contributed by atoms with Gasteiger partial charge in [-0.05, 0) is 13.8 Å². The maximum absolute atomic E-state index is 5.23. The van der Waals surface area contributed by atoms with Crippen LogP contribution < -0.4 is 5.32 Å². The van der Waals surface area contributed by atoms with E-state index in [0.717, 1.165) is 19.8 Å². The normalized spacial score (nSPS) is 21.0. The van der Waals surface area contributed by atoms with Gasteiger partial charge in [0, 0.05) is 23.0 Å². The van der Waals surface area contributed by atoms with Crippen LogP contribution in [0, 0.1) is 12.3 Å². The van der Waals surface area contributed by atoms with Crippen LogP contribution in [0.5, 0.6) is 0 Å². The molecule has 15 heavy (non-hydrogen) atoms. The lowest BCUT2D eigenvalue weighted by Gasteiger charge is -2.38. The fraction of sp³-hybridized carbons (Fsp3) is 0.727. The summed E-state index contributed by atoms with van der Waals surface area (Å²) in [6, 6.07) is 0.348. The van der Waals surface area contributed by atoms with Crippen LogP contribution >= 0.6 is 11.3 Å². The molecule has 2 heterocycles. The summed E-state index contributed by atoms with van der Waals surface area (Å²) in [4.78, 5) is 5.66. The number of nitrogens with one attached hydrogen (secondary N) is 1. The minimum absolute atomic E-state index is 0.334. The van der Waals surface area contributed by atoms with Gasteiger partial charge in [0.15, 0.2) is 0 Å². The van der Waals surface area contributed by atoms with Crippen molar-refractivity contribution in [1.82, 2.24) is 10.3 Å². The van der Waals surface area contributed by atoms with Crippen LogP contribution in [-0.4, -0.2) is 24.7 Å². The first kappa shape index (κ1) is 11.0. The van der Waals surface area contributed by atoms with Crippen molar-refractivity contribution in [2.24, 2.45) is 5.41 Å². The second kappa shape index (κ2) is 4.20. The summed E-state index contributed by atoms with van der Waals surface area (Å²) in [7, 11) is 0. The predicted molar refractivity (Wildman–Crippen MR) is 62.2 cm³/mol. The molecule has 0 spiro atoms. The standard InChI is InChI=1S/C11H18N2OS/c1-8-4-12-10(15-8)9(2)13-5-11(3)6-14-7-11/h4,9,13H,5-7H2,1-3H3. The monoisotopic (exact) mass is 226 g/mol. The number of nitrogens with zero attached hydrogens (tertiary/aromatic N) is 1. The molecular weight excluding hydrogens is 208 g/mol. The SMILES string of the molecule is Cc1cnc(C(C)NCC2(C)COC2)s1. The van der Waals surface area contributed by atoms with Crippen LogP contribution in [0.4, 0.5) is 0 Å². The number of aromatic nitrogens is 1. The number of ether oxygens (including phenoxy) is 1. The van der Waals surface area contributed by atoms with Gasteiger partial charge < -0.3 is 10.1 Å². The highest BCUT2D eigenvalue weighted by Crippen LogP contribution is 2.27. The molecule has 3 nitrogen and oxygen atoms in total. The molecule has 1 saturated heterocycles. The topological polar surface area (TPSA) is 34.2 Å². The molecule has 0 bridgehead atoms. The van der Waals surface area contributed by atoms with E-state index < -0.39 is 0 Å². The van der Waals surface area contributed by atoms with E-state index in [1.54, 1.807) is 11.3 Å². The Bertz CT molecular complexity index is 333. The van der Waals surface area contributed by atoms with Crippen molar-refractivity contribution in [3.63, 3.8) is 0 Å².